The maximum absolute atomic E-state index is 11.0. The fourth-order valence-corrected chi connectivity index (χ4v) is 7.42. The van der Waals surface area contributed by atoms with E-state index in [1.165, 1.54) is 0 Å². The Balaban J connectivity index is 1.74. The molecule has 4 rings (SSSR count). The van der Waals surface area contributed by atoms with Crippen LogP contribution in [0.2, 0.25) is 0 Å². The van der Waals surface area contributed by atoms with Crippen LogP contribution in [0.4, 0.5) is 0 Å². The molecule has 4 aliphatic carbocycles. The Hall–Kier alpha value is -0.240. The predicted octanol–water partition coefficient (Wildman–Crippen LogP) is -0.364. The highest BCUT2D eigenvalue weighted by molar-refractivity contribution is 5.16. The molecule has 0 amide bonds. The second kappa shape index (κ2) is 5.88. The molecular formula is C19H32O6. The van der Waals surface area contributed by atoms with E-state index in [9.17, 15) is 30.6 Å². The van der Waals surface area contributed by atoms with Gasteiger partial charge in [0.2, 0.25) is 0 Å². The highest BCUT2D eigenvalue weighted by Crippen LogP contribution is 2.66. The highest BCUT2D eigenvalue weighted by Gasteiger charge is 2.67. The van der Waals surface area contributed by atoms with Crippen LogP contribution < -0.4 is 0 Å². The van der Waals surface area contributed by atoms with Crippen molar-refractivity contribution < 1.29 is 30.6 Å². The van der Waals surface area contributed by atoms with Crippen molar-refractivity contribution >= 4 is 0 Å². The second-order valence-corrected chi connectivity index (χ2v) is 9.42. The molecule has 144 valence electrons. The van der Waals surface area contributed by atoms with Gasteiger partial charge in [-0.2, -0.15) is 0 Å². The summed E-state index contributed by atoms with van der Waals surface area (Å²) in [5.74, 6) is -0.622. The molecular weight excluding hydrogens is 324 g/mol. The maximum Gasteiger partial charge on any atom is 0.0861 e. The number of fused-ring (bicyclic) bond motifs is 5. The Morgan fingerprint density at radius 1 is 0.800 bits per heavy atom. The number of aliphatic hydroxyl groups excluding tert-OH is 6. The van der Waals surface area contributed by atoms with Crippen LogP contribution in [-0.4, -0.2) is 67.8 Å². The van der Waals surface area contributed by atoms with E-state index in [2.05, 4.69) is 6.92 Å². The van der Waals surface area contributed by atoms with E-state index >= 15 is 0 Å². The number of hydrogen-bond donors (Lipinski definition) is 6. The summed E-state index contributed by atoms with van der Waals surface area (Å²) < 4.78 is 0. The average molecular weight is 356 g/mol. The van der Waals surface area contributed by atoms with Crippen molar-refractivity contribution in [2.24, 2.45) is 34.5 Å². The lowest BCUT2D eigenvalue weighted by Gasteiger charge is -2.64. The Bertz CT molecular complexity index is 528. The van der Waals surface area contributed by atoms with Gasteiger partial charge in [-0.05, 0) is 61.7 Å². The monoisotopic (exact) mass is 356 g/mol. The van der Waals surface area contributed by atoms with Crippen LogP contribution in [-0.2, 0) is 0 Å². The van der Waals surface area contributed by atoms with Crippen molar-refractivity contribution in [3.05, 3.63) is 0 Å². The molecule has 0 saturated heterocycles. The normalized spacial score (nSPS) is 61.3. The van der Waals surface area contributed by atoms with Gasteiger partial charge in [0, 0.05) is 11.3 Å². The van der Waals surface area contributed by atoms with E-state index in [0.29, 0.717) is 25.7 Å². The molecule has 4 saturated carbocycles. The third-order valence-corrected chi connectivity index (χ3v) is 8.76. The highest BCUT2D eigenvalue weighted by atomic mass is 16.3. The van der Waals surface area contributed by atoms with E-state index < -0.39 is 41.9 Å². The third kappa shape index (κ3) is 2.18. The van der Waals surface area contributed by atoms with Gasteiger partial charge in [-0.3, -0.25) is 0 Å². The van der Waals surface area contributed by atoms with Gasteiger partial charge in [-0.1, -0.05) is 6.92 Å². The molecule has 0 unspecified atom stereocenters. The van der Waals surface area contributed by atoms with Gasteiger partial charge >= 0.3 is 0 Å². The van der Waals surface area contributed by atoms with E-state index in [1.807, 2.05) is 0 Å². The number of aliphatic hydroxyl groups is 6. The largest absolute Gasteiger partial charge is 0.396 e. The summed E-state index contributed by atoms with van der Waals surface area (Å²) in [7, 11) is 0. The Kier molecular flexibility index (Phi) is 4.26. The zero-order chi connectivity index (χ0) is 18.1. The molecule has 0 bridgehead atoms. The van der Waals surface area contributed by atoms with E-state index in [1.54, 1.807) is 0 Å². The van der Waals surface area contributed by atoms with Gasteiger partial charge in [-0.15, -0.1) is 0 Å². The summed E-state index contributed by atoms with van der Waals surface area (Å²) in [5, 5.41) is 63.0. The van der Waals surface area contributed by atoms with Gasteiger partial charge < -0.3 is 30.6 Å². The summed E-state index contributed by atoms with van der Waals surface area (Å²) in [6.07, 6.45) is -0.477. The minimum Gasteiger partial charge on any atom is -0.396 e. The first-order chi connectivity index (χ1) is 11.8. The summed E-state index contributed by atoms with van der Waals surface area (Å²) in [6, 6.07) is 0. The van der Waals surface area contributed by atoms with Crippen molar-refractivity contribution in [3.8, 4) is 0 Å². The van der Waals surface area contributed by atoms with Gasteiger partial charge in [-0.25, -0.2) is 0 Å². The zero-order valence-corrected chi connectivity index (χ0v) is 14.8. The summed E-state index contributed by atoms with van der Waals surface area (Å²) in [6.45, 7) is 1.99. The van der Waals surface area contributed by atoms with Gasteiger partial charge in [0.1, 0.15) is 0 Å². The van der Waals surface area contributed by atoms with E-state index in [4.69, 9.17) is 0 Å². The molecule has 4 fully saturated rings. The third-order valence-electron chi connectivity index (χ3n) is 8.76. The second-order valence-electron chi connectivity index (χ2n) is 9.42. The van der Waals surface area contributed by atoms with Gasteiger partial charge in [0.25, 0.3) is 0 Å². The smallest absolute Gasteiger partial charge is 0.0861 e. The molecule has 0 radical (unpaired) electrons. The SMILES string of the molecule is C[C@]12CC[C@@H](O)[C@H](O)[C@@H]1[C@@H](O)[C@H](O)[C@@H]1[C@@H]2CC[C@]2(CO)[C@@H](O)CC[C@@H]12. The predicted molar refractivity (Wildman–Crippen MR) is 89.3 cm³/mol. The molecule has 0 spiro atoms. The first kappa shape index (κ1) is 18.1. The maximum atomic E-state index is 11.0. The average Bonchev–Trinajstić information content (AvgIpc) is 2.93. The van der Waals surface area contributed by atoms with Crippen molar-refractivity contribution in [1.82, 2.24) is 0 Å². The number of rotatable bonds is 1. The Morgan fingerprint density at radius 2 is 1.52 bits per heavy atom. The van der Waals surface area contributed by atoms with Crippen LogP contribution in [0.15, 0.2) is 0 Å². The minimum absolute atomic E-state index is 0.0160. The minimum atomic E-state index is -1.09. The molecule has 6 N–H and O–H groups in total. The van der Waals surface area contributed by atoms with E-state index in [0.717, 1.165) is 12.8 Å². The quantitative estimate of drug-likeness (QED) is 0.381. The molecule has 0 aromatic carbocycles. The molecule has 0 aromatic rings. The fraction of sp³-hybridized carbons (Fsp3) is 1.00. The Morgan fingerprint density at radius 3 is 2.20 bits per heavy atom. The van der Waals surface area contributed by atoms with Crippen molar-refractivity contribution in [2.75, 3.05) is 6.61 Å². The standard InChI is InChI=1S/C19H32O6/c1-18-6-5-11(21)15(23)14(18)17(25)16(24)13-9(18)4-7-19(8-20)10(13)2-3-12(19)22/h9-17,20-25H,2-8H2,1H3/t9-,10-,11+,12-,13+,14+,15-,16+,17+,18+,19+/m0/s1. The molecule has 0 heterocycles. The van der Waals surface area contributed by atoms with Crippen molar-refractivity contribution in [2.45, 2.75) is 76.0 Å². The van der Waals surface area contributed by atoms with Crippen LogP contribution in [0.1, 0.15) is 45.4 Å². The molecule has 6 nitrogen and oxygen atoms in total. The lowest BCUT2D eigenvalue weighted by molar-refractivity contribution is -0.255. The first-order valence-corrected chi connectivity index (χ1v) is 9.79. The van der Waals surface area contributed by atoms with Crippen LogP contribution in [0.5, 0.6) is 0 Å². The molecule has 0 aromatic heterocycles. The van der Waals surface area contributed by atoms with Gasteiger partial charge in [0.15, 0.2) is 0 Å². The molecule has 6 heteroatoms. The molecule has 0 aliphatic heterocycles. The summed E-state index contributed by atoms with van der Waals surface area (Å²) in [5.41, 5.74) is -0.922. The number of hydrogen-bond acceptors (Lipinski definition) is 6. The Labute approximate surface area is 148 Å². The fourth-order valence-electron chi connectivity index (χ4n) is 7.42. The lowest BCUT2D eigenvalue weighted by Crippen LogP contribution is -2.68. The van der Waals surface area contributed by atoms with Crippen molar-refractivity contribution in [1.29, 1.82) is 0 Å². The van der Waals surface area contributed by atoms with Crippen LogP contribution in [0.25, 0.3) is 0 Å². The molecule has 25 heavy (non-hydrogen) atoms. The lowest BCUT2D eigenvalue weighted by atomic mass is 9.43. The topological polar surface area (TPSA) is 121 Å². The molecule has 4 aliphatic rings. The van der Waals surface area contributed by atoms with Crippen LogP contribution in [0, 0.1) is 34.5 Å². The summed E-state index contributed by atoms with van der Waals surface area (Å²) >= 11 is 0. The summed E-state index contributed by atoms with van der Waals surface area (Å²) in [4.78, 5) is 0. The zero-order valence-electron chi connectivity index (χ0n) is 14.8. The van der Waals surface area contributed by atoms with Crippen LogP contribution >= 0.6 is 0 Å². The van der Waals surface area contributed by atoms with Crippen LogP contribution in [0.3, 0.4) is 0 Å². The van der Waals surface area contributed by atoms with Gasteiger partial charge in [0.05, 0.1) is 37.1 Å². The van der Waals surface area contributed by atoms with E-state index in [-0.39, 0.29) is 29.8 Å². The molecule has 11 atom stereocenters. The van der Waals surface area contributed by atoms with Crippen molar-refractivity contribution in [3.63, 3.8) is 0 Å². The first-order valence-electron chi connectivity index (χ1n) is 9.79.